The highest BCUT2D eigenvalue weighted by Crippen LogP contribution is 2.34. The van der Waals surface area contributed by atoms with E-state index in [2.05, 4.69) is 13.0 Å². The van der Waals surface area contributed by atoms with E-state index in [9.17, 15) is 9.59 Å². The average Bonchev–Trinajstić information content (AvgIpc) is 3.06. The average molecular weight is 413 g/mol. The van der Waals surface area contributed by atoms with Gasteiger partial charge in [0.1, 0.15) is 16.2 Å². The van der Waals surface area contributed by atoms with Crippen LogP contribution < -0.4 is 5.56 Å². The SMILES string of the molecule is CCCc1nc2scc(-c3ccc(C)cc3C)c2c(=O)n1C(C)(C)C(=O)OCC. The van der Waals surface area contributed by atoms with Crippen LogP contribution in [-0.2, 0) is 21.5 Å². The first-order valence-electron chi connectivity index (χ1n) is 10.0. The van der Waals surface area contributed by atoms with Crippen LogP contribution in [-0.4, -0.2) is 22.1 Å². The van der Waals surface area contributed by atoms with Crippen molar-refractivity contribution in [3.05, 3.63) is 50.9 Å². The summed E-state index contributed by atoms with van der Waals surface area (Å²) >= 11 is 1.47. The van der Waals surface area contributed by atoms with Crippen LogP contribution in [0.15, 0.2) is 28.4 Å². The lowest BCUT2D eigenvalue weighted by atomic mass is 9.98. The van der Waals surface area contributed by atoms with Crippen molar-refractivity contribution < 1.29 is 9.53 Å². The normalized spacial score (nSPS) is 11.8. The largest absolute Gasteiger partial charge is 0.464 e. The van der Waals surface area contributed by atoms with E-state index in [0.717, 1.165) is 23.1 Å². The van der Waals surface area contributed by atoms with Crippen molar-refractivity contribution in [2.24, 2.45) is 0 Å². The van der Waals surface area contributed by atoms with Crippen LogP contribution in [0.2, 0.25) is 0 Å². The van der Waals surface area contributed by atoms with Crippen molar-refractivity contribution in [2.45, 2.75) is 59.9 Å². The van der Waals surface area contributed by atoms with Gasteiger partial charge in [-0.05, 0) is 52.2 Å². The monoisotopic (exact) mass is 412 g/mol. The van der Waals surface area contributed by atoms with E-state index in [4.69, 9.17) is 9.72 Å². The number of aryl methyl sites for hydroxylation is 3. The van der Waals surface area contributed by atoms with Gasteiger partial charge in [0.25, 0.3) is 5.56 Å². The molecule has 2 aromatic heterocycles. The molecule has 0 fully saturated rings. The van der Waals surface area contributed by atoms with Gasteiger partial charge in [-0.2, -0.15) is 0 Å². The molecule has 1 aromatic carbocycles. The smallest absolute Gasteiger partial charge is 0.331 e. The Morgan fingerprint density at radius 3 is 2.55 bits per heavy atom. The Labute approximate surface area is 175 Å². The summed E-state index contributed by atoms with van der Waals surface area (Å²) in [5.74, 6) is 0.195. The lowest BCUT2D eigenvalue weighted by molar-refractivity contribution is -0.152. The van der Waals surface area contributed by atoms with Crippen LogP contribution in [0.3, 0.4) is 0 Å². The highest BCUT2D eigenvalue weighted by molar-refractivity contribution is 7.17. The summed E-state index contributed by atoms with van der Waals surface area (Å²) in [5, 5.41) is 2.56. The zero-order valence-electron chi connectivity index (χ0n) is 18.0. The minimum atomic E-state index is -1.14. The molecule has 3 aromatic rings. The number of fused-ring (bicyclic) bond motifs is 1. The number of thiophene rings is 1. The van der Waals surface area contributed by atoms with Gasteiger partial charge in [-0.1, -0.05) is 30.7 Å². The van der Waals surface area contributed by atoms with Gasteiger partial charge >= 0.3 is 5.97 Å². The maximum Gasteiger partial charge on any atom is 0.331 e. The van der Waals surface area contributed by atoms with Crippen molar-refractivity contribution in [3.8, 4) is 11.1 Å². The van der Waals surface area contributed by atoms with Gasteiger partial charge in [0.15, 0.2) is 0 Å². The molecule has 0 bridgehead atoms. The molecule has 0 unspecified atom stereocenters. The molecule has 0 spiro atoms. The molecular formula is C23H28N2O3S. The summed E-state index contributed by atoms with van der Waals surface area (Å²) < 4.78 is 6.80. The first-order valence-corrected chi connectivity index (χ1v) is 10.9. The molecule has 6 heteroatoms. The zero-order chi connectivity index (χ0) is 21.3. The number of aromatic nitrogens is 2. The Morgan fingerprint density at radius 1 is 1.21 bits per heavy atom. The Balaban J connectivity index is 2.34. The number of benzene rings is 1. The number of carbonyl (C=O) groups excluding carboxylic acids is 1. The minimum absolute atomic E-state index is 0.187. The van der Waals surface area contributed by atoms with Crippen LogP contribution in [0.4, 0.5) is 0 Å². The van der Waals surface area contributed by atoms with Crippen LogP contribution in [0, 0.1) is 13.8 Å². The van der Waals surface area contributed by atoms with Gasteiger partial charge in [0.05, 0.1) is 12.0 Å². The van der Waals surface area contributed by atoms with Crippen molar-refractivity contribution >= 4 is 27.5 Å². The molecule has 0 aliphatic heterocycles. The Hall–Kier alpha value is -2.47. The first-order chi connectivity index (χ1) is 13.7. The topological polar surface area (TPSA) is 61.2 Å². The van der Waals surface area contributed by atoms with Crippen LogP contribution >= 0.6 is 11.3 Å². The zero-order valence-corrected chi connectivity index (χ0v) is 18.8. The summed E-state index contributed by atoms with van der Waals surface area (Å²) in [5.41, 5.74) is 2.85. The summed E-state index contributed by atoms with van der Waals surface area (Å²) in [6.07, 6.45) is 1.44. The fraction of sp³-hybridized carbons (Fsp3) is 0.435. The molecule has 3 rings (SSSR count). The van der Waals surface area contributed by atoms with Crippen molar-refractivity contribution in [3.63, 3.8) is 0 Å². The Morgan fingerprint density at radius 2 is 1.93 bits per heavy atom. The van der Waals surface area contributed by atoms with Crippen molar-refractivity contribution in [1.82, 2.24) is 9.55 Å². The summed E-state index contributed by atoms with van der Waals surface area (Å²) in [6.45, 7) is 11.6. The number of nitrogens with zero attached hydrogens (tertiary/aromatic N) is 2. The number of esters is 1. The maximum absolute atomic E-state index is 13.7. The van der Waals surface area contributed by atoms with Crippen LogP contribution in [0.1, 0.15) is 51.1 Å². The molecule has 0 radical (unpaired) electrons. The molecule has 0 atom stereocenters. The Kier molecular flexibility index (Phi) is 5.94. The number of hydrogen-bond acceptors (Lipinski definition) is 5. The van der Waals surface area contributed by atoms with E-state index in [0.29, 0.717) is 22.5 Å². The molecule has 0 aliphatic carbocycles. The van der Waals surface area contributed by atoms with E-state index >= 15 is 0 Å². The predicted molar refractivity (Wildman–Crippen MR) is 119 cm³/mol. The second-order valence-electron chi connectivity index (χ2n) is 7.85. The van der Waals surface area contributed by atoms with Gasteiger partial charge in [0, 0.05) is 17.4 Å². The number of ether oxygens (including phenoxy) is 1. The molecule has 154 valence electrons. The molecule has 0 saturated heterocycles. The van der Waals surface area contributed by atoms with Crippen LogP contribution in [0.25, 0.3) is 21.3 Å². The van der Waals surface area contributed by atoms with E-state index in [1.165, 1.54) is 21.5 Å². The van der Waals surface area contributed by atoms with E-state index in [-0.39, 0.29) is 12.2 Å². The lowest BCUT2D eigenvalue weighted by Crippen LogP contribution is -2.45. The number of carbonyl (C=O) groups is 1. The van der Waals surface area contributed by atoms with Gasteiger partial charge in [-0.15, -0.1) is 11.3 Å². The van der Waals surface area contributed by atoms with Gasteiger partial charge in [-0.25, -0.2) is 9.78 Å². The van der Waals surface area contributed by atoms with E-state index in [1.807, 2.05) is 31.4 Å². The molecule has 2 heterocycles. The fourth-order valence-electron chi connectivity index (χ4n) is 3.71. The highest BCUT2D eigenvalue weighted by atomic mass is 32.1. The second kappa shape index (κ2) is 8.11. The van der Waals surface area contributed by atoms with Crippen molar-refractivity contribution in [2.75, 3.05) is 6.61 Å². The molecule has 5 nitrogen and oxygen atoms in total. The number of rotatable bonds is 6. The molecular weight excluding hydrogens is 384 g/mol. The van der Waals surface area contributed by atoms with E-state index in [1.54, 1.807) is 20.8 Å². The van der Waals surface area contributed by atoms with Gasteiger partial charge in [0.2, 0.25) is 0 Å². The van der Waals surface area contributed by atoms with E-state index < -0.39 is 11.5 Å². The summed E-state index contributed by atoms with van der Waals surface area (Å²) in [4.78, 5) is 31.9. The maximum atomic E-state index is 13.7. The summed E-state index contributed by atoms with van der Waals surface area (Å²) in [6, 6.07) is 6.21. The van der Waals surface area contributed by atoms with Gasteiger partial charge in [-0.3, -0.25) is 9.36 Å². The molecule has 0 N–H and O–H groups in total. The number of hydrogen-bond donors (Lipinski definition) is 0. The van der Waals surface area contributed by atoms with Crippen molar-refractivity contribution in [1.29, 1.82) is 0 Å². The molecule has 0 amide bonds. The standard InChI is InChI=1S/C23H28N2O3S/c1-7-9-18-24-20-19(21(26)25(18)23(5,6)22(27)28-8-2)17(13-29-20)16-11-10-14(3)12-15(16)4/h10-13H,7-9H2,1-6H3. The third-order valence-electron chi connectivity index (χ3n) is 5.16. The molecule has 0 saturated carbocycles. The quantitative estimate of drug-likeness (QED) is 0.535. The summed E-state index contributed by atoms with van der Waals surface area (Å²) in [7, 11) is 0. The van der Waals surface area contributed by atoms with Gasteiger partial charge < -0.3 is 4.74 Å². The third-order valence-corrected chi connectivity index (χ3v) is 6.03. The third kappa shape index (κ3) is 3.73. The second-order valence-corrected chi connectivity index (χ2v) is 8.70. The molecule has 29 heavy (non-hydrogen) atoms. The lowest BCUT2D eigenvalue weighted by Gasteiger charge is -2.27. The fourth-order valence-corrected chi connectivity index (χ4v) is 4.66. The Bertz CT molecular complexity index is 1130. The predicted octanol–water partition coefficient (Wildman–Crippen LogP) is 4.99. The minimum Gasteiger partial charge on any atom is -0.464 e. The highest BCUT2D eigenvalue weighted by Gasteiger charge is 2.35. The first kappa shape index (κ1) is 21.2. The molecule has 0 aliphatic rings. The van der Waals surface area contributed by atoms with Crippen LogP contribution in [0.5, 0.6) is 0 Å².